The molecule has 0 saturated heterocycles. The lowest BCUT2D eigenvalue weighted by atomic mass is 9.91. The van der Waals surface area contributed by atoms with Crippen molar-refractivity contribution >= 4 is 17.6 Å². The maximum Gasteiger partial charge on any atom is 0.342 e. The Morgan fingerprint density at radius 3 is 2.38 bits per heavy atom. The van der Waals surface area contributed by atoms with Crippen LogP contribution in [0, 0.1) is 0 Å². The van der Waals surface area contributed by atoms with Crippen LogP contribution in [-0.4, -0.2) is 17.7 Å². The molecule has 0 saturated carbocycles. The van der Waals surface area contributed by atoms with E-state index < -0.39 is 11.6 Å². The number of carbonyl (C=O) groups is 1. The van der Waals surface area contributed by atoms with Crippen molar-refractivity contribution in [1.82, 2.24) is 0 Å². The fraction of sp³-hybridized carbons (Fsp3) is 0.417. The molecule has 0 aliphatic heterocycles. The first kappa shape index (κ1) is 13.0. The van der Waals surface area contributed by atoms with Crippen molar-refractivity contribution in [3.05, 3.63) is 34.9 Å². The number of hydrogen-bond donors (Lipinski definition) is 1. The lowest BCUT2D eigenvalue weighted by Gasteiger charge is -2.24. The van der Waals surface area contributed by atoms with Crippen molar-refractivity contribution in [3.8, 4) is 0 Å². The molecule has 1 aromatic rings. The fourth-order valence-corrected chi connectivity index (χ4v) is 1.57. The van der Waals surface area contributed by atoms with Crippen LogP contribution in [0.25, 0.3) is 0 Å². The SMILES string of the molecule is CCOC(=O)C(O)(CC)c1ccc(Cl)cc1. The lowest BCUT2D eigenvalue weighted by molar-refractivity contribution is -0.166. The number of halogens is 1. The quantitative estimate of drug-likeness (QED) is 0.826. The van der Waals surface area contributed by atoms with Gasteiger partial charge in [-0.25, -0.2) is 4.79 Å². The molecule has 1 rings (SSSR count). The van der Waals surface area contributed by atoms with Gasteiger partial charge in [-0.2, -0.15) is 0 Å². The van der Waals surface area contributed by atoms with Crippen LogP contribution in [0.1, 0.15) is 25.8 Å². The minimum Gasteiger partial charge on any atom is -0.464 e. The maximum atomic E-state index is 11.7. The molecule has 88 valence electrons. The molecule has 1 unspecified atom stereocenters. The first-order valence-corrected chi connectivity index (χ1v) is 5.58. The zero-order valence-electron chi connectivity index (χ0n) is 9.37. The highest BCUT2D eigenvalue weighted by Gasteiger charge is 2.37. The van der Waals surface area contributed by atoms with Gasteiger partial charge in [0.25, 0.3) is 0 Å². The van der Waals surface area contributed by atoms with Crippen LogP contribution in [0.2, 0.25) is 5.02 Å². The first-order chi connectivity index (χ1) is 7.54. The second kappa shape index (κ2) is 5.32. The normalized spacial score (nSPS) is 14.2. The number of ether oxygens (including phenoxy) is 1. The summed E-state index contributed by atoms with van der Waals surface area (Å²) in [6.07, 6.45) is 0.257. The molecule has 0 radical (unpaired) electrons. The highest BCUT2D eigenvalue weighted by atomic mass is 35.5. The molecule has 4 heteroatoms. The molecular formula is C12H15ClO3. The number of rotatable bonds is 4. The monoisotopic (exact) mass is 242 g/mol. The van der Waals surface area contributed by atoms with Crippen LogP contribution in [0.15, 0.2) is 24.3 Å². The van der Waals surface area contributed by atoms with Crippen LogP contribution in [-0.2, 0) is 15.1 Å². The summed E-state index contributed by atoms with van der Waals surface area (Å²) < 4.78 is 4.86. The summed E-state index contributed by atoms with van der Waals surface area (Å²) in [5.41, 5.74) is -1.08. The highest BCUT2D eigenvalue weighted by molar-refractivity contribution is 6.30. The predicted molar refractivity (Wildman–Crippen MR) is 62.3 cm³/mol. The fourth-order valence-electron chi connectivity index (χ4n) is 1.44. The van der Waals surface area contributed by atoms with E-state index in [1.54, 1.807) is 38.1 Å². The second-order valence-electron chi connectivity index (χ2n) is 3.44. The van der Waals surface area contributed by atoms with Crippen molar-refractivity contribution in [3.63, 3.8) is 0 Å². The Kier molecular flexibility index (Phi) is 4.33. The molecule has 0 aromatic heterocycles. The van der Waals surface area contributed by atoms with Gasteiger partial charge in [-0.3, -0.25) is 0 Å². The number of aliphatic hydroxyl groups is 1. The van der Waals surface area contributed by atoms with E-state index in [-0.39, 0.29) is 13.0 Å². The van der Waals surface area contributed by atoms with E-state index in [9.17, 15) is 9.90 Å². The summed E-state index contributed by atoms with van der Waals surface area (Å²) in [6, 6.07) is 6.53. The highest BCUT2D eigenvalue weighted by Crippen LogP contribution is 2.27. The largest absolute Gasteiger partial charge is 0.464 e. The lowest BCUT2D eigenvalue weighted by Crippen LogP contribution is -2.36. The van der Waals surface area contributed by atoms with Gasteiger partial charge >= 0.3 is 5.97 Å². The summed E-state index contributed by atoms with van der Waals surface area (Å²) in [6.45, 7) is 3.68. The molecule has 1 aromatic carbocycles. The molecule has 0 amide bonds. The Bertz CT molecular complexity index is 361. The Balaban J connectivity index is 3.04. The third-order valence-corrected chi connectivity index (χ3v) is 2.70. The van der Waals surface area contributed by atoms with Crippen LogP contribution in [0.5, 0.6) is 0 Å². The average Bonchev–Trinajstić information content (AvgIpc) is 2.29. The second-order valence-corrected chi connectivity index (χ2v) is 3.88. The summed E-state index contributed by atoms with van der Waals surface area (Å²) in [7, 11) is 0. The van der Waals surface area contributed by atoms with Crippen LogP contribution in [0.4, 0.5) is 0 Å². The average molecular weight is 243 g/mol. The maximum absolute atomic E-state index is 11.7. The Labute approximate surface area is 100.0 Å². The van der Waals surface area contributed by atoms with Crippen LogP contribution < -0.4 is 0 Å². The van der Waals surface area contributed by atoms with Crippen LogP contribution >= 0.6 is 11.6 Å². The van der Waals surface area contributed by atoms with Crippen molar-refractivity contribution in [2.45, 2.75) is 25.9 Å². The smallest absolute Gasteiger partial charge is 0.342 e. The summed E-state index contributed by atoms with van der Waals surface area (Å²) in [5.74, 6) is -0.625. The minimum absolute atomic E-state index is 0.245. The first-order valence-electron chi connectivity index (χ1n) is 5.20. The molecule has 1 atom stereocenters. The van der Waals surface area contributed by atoms with Gasteiger partial charge in [0.1, 0.15) is 0 Å². The molecule has 0 aliphatic rings. The Morgan fingerprint density at radius 2 is 1.94 bits per heavy atom. The van der Waals surface area contributed by atoms with Crippen molar-refractivity contribution < 1.29 is 14.6 Å². The molecule has 0 aliphatic carbocycles. The van der Waals surface area contributed by atoms with Crippen LogP contribution in [0.3, 0.4) is 0 Å². The van der Waals surface area contributed by atoms with E-state index >= 15 is 0 Å². The van der Waals surface area contributed by atoms with E-state index in [4.69, 9.17) is 16.3 Å². The molecule has 1 N–H and O–H groups in total. The zero-order chi connectivity index (χ0) is 12.2. The number of esters is 1. The number of hydrogen-bond acceptors (Lipinski definition) is 3. The van der Waals surface area contributed by atoms with Gasteiger partial charge in [-0.15, -0.1) is 0 Å². The molecule has 0 bridgehead atoms. The molecule has 3 nitrogen and oxygen atoms in total. The van der Waals surface area contributed by atoms with Gasteiger partial charge in [0.15, 0.2) is 5.60 Å². The standard InChI is InChI=1S/C12H15ClO3/c1-3-12(15,11(14)16-4-2)9-5-7-10(13)8-6-9/h5-8,15H,3-4H2,1-2H3. The van der Waals surface area contributed by atoms with Gasteiger partial charge in [0, 0.05) is 5.02 Å². The van der Waals surface area contributed by atoms with Gasteiger partial charge in [-0.1, -0.05) is 30.7 Å². The third-order valence-electron chi connectivity index (χ3n) is 2.45. The molecule has 0 heterocycles. The summed E-state index contributed by atoms with van der Waals surface area (Å²) >= 11 is 5.75. The minimum atomic E-state index is -1.58. The van der Waals surface area contributed by atoms with Crippen molar-refractivity contribution in [1.29, 1.82) is 0 Å². The van der Waals surface area contributed by atoms with Gasteiger partial charge in [0.05, 0.1) is 6.61 Å². The molecule has 0 fully saturated rings. The van der Waals surface area contributed by atoms with E-state index in [2.05, 4.69) is 0 Å². The predicted octanol–water partition coefficient (Wildman–Crippen LogP) is 2.50. The molecule has 0 spiro atoms. The van der Waals surface area contributed by atoms with E-state index in [1.165, 1.54) is 0 Å². The zero-order valence-corrected chi connectivity index (χ0v) is 10.1. The summed E-state index contributed by atoms with van der Waals surface area (Å²) in [5, 5.41) is 10.8. The van der Waals surface area contributed by atoms with Gasteiger partial charge in [0.2, 0.25) is 0 Å². The van der Waals surface area contributed by atoms with Gasteiger partial charge in [-0.05, 0) is 31.0 Å². The summed E-state index contributed by atoms with van der Waals surface area (Å²) in [4.78, 5) is 11.7. The van der Waals surface area contributed by atoms with E-state index in [0.29, 0.717) is 10.6 Å². The van der Waals surface area contributed by atoms with E-state index in [0.717, 1.165) is 0 Å². The number of benzene rings is 1. The Morgan fingerprint density at radius 1 is 1.38 bits per heavy atom. The van der Waals surface area contributed by atoms with Gasteiger partial charge < -0.3 is 9.84 Å². The number of carbonyl (C=O) groups excluding carboxylic acids is 1. The topological polar surface area (TPSA) is 46.5 Å². The van der Waals surface area contributed by atoms with Crippen molar-refractivity contribution in [2.75, 3.05) is 6.61 Å². The third kappa shape index (κ3) is 2.54. The molecule has 16 heavy (non-hydrogen) atoms. The van der Waals surface area contributed by atoms with E-state index in [1.807, 2.05) is 0 Å². The molecular weight excluding hydrogens is 228 g/mol. The Hall–Kier alpha value is -1.06. The van der Waals surface area contributed by atoms with Crippen molar-refractivity contribution in [2.24, 2.45) is 0 Å².